The summed E-state index contributed by atoms with van der Waals surface area (Å²) in [6, 6.07) is 8.71. The molecule has 2 aliphatic heterocycles. The summed E-state index contributed by atoms with van der Waals surface area (Å²) in [7, 11) is 0. The largest absolute Gasteiger partial charge is 0.333 e. The summed E-state index contributed by atoms with van der Waals surface area (Å²) in [5.41, 5.74) is 2.72. The Hall–Kier alpha value is -1.35. The van der Waals surface area contributed by atoms with E-state index in [1.807, 2.05) is 4.90 Å². The molecule has 0 aromatic heterocycles. The Morgan fingerprint density at radius 1 is 1.33 bits per heavy atom. The lowest BCUT2D eigenvalue weighted by Crippen LogP contribution is -2.52. The molecule has 0 spiro atoms. The average Bonchev–Trinajstić information content (AvgIpc) is 2.29. The number of hydrogen-bond acceptors (Lipinski definition) is 2. The second-order valence-corrected chi connectivity index (χ2v) is 4.18. The third kappa shape index (κ3) is 1.35. The average molecular weight is 202 g/mol. The minimum atomic E-state index is 0.237. The summed E-state index contributed by atoms with van der Waals surface area (Å²) in [6.07, 6.45) is 0.998. The van der Waals surface area contributed by atoms with Crippen LogP contribution in [-0.2, 0) is 11.2 Å². The van der Waals surface area contributed by atoms with Gasteiger partial charge in [-0.05, 0) is 17.5 Å². The Morgan fingerprint density at radius 2 is 2.20 bits per heavy atom. The number of piperazine rings is 1. The lowest BCUT2D eigenvalue weighted by molar-refractivity contribution is -0.135. The van der Waals surface area contributed by atoms with Gasteiger partial charge in [0.2, 0.25) is 5.91 Å². The summed E-state index contributed by atoms with van der Waals surface area (Å²) in [5.74, 6) is 0.237. The van der Waals surface area contributed by atoms with Crippen LogP contribution in [0.25, 0.3) is 0 Å². The molecule has 0 saturated carbocycles. The summed E-state index contributed by atoms with van der Waals surface area (Å²) >= 11 is 0. The second kappa shape index (κ2) is 3.35. The fourth-order valence-electron chi connectivity index (χ4n) is 2.59. The molecule has 1 aromatic carbocycles. The highest BCUT2D eigenvalue weighted by Crippen LogP contribution is 2.30. The smallest absolute Gasteiger partial charge is 0.237 e. The van der Waals surface area contributed by atoms with Gasteiger partial charge in [-0.1, -0.05) is 24.3 Å². The van der Waals surface area contributed by atoms with Crippen LogP contribution in [-0.4, -0.2) is 30.4 Å². The first-order valence-corrected chi connectivity index (χ1v) is 5.44. The number of carbonyl (C=O) groups excluding carboxylic acids is 1. The SMILES string of the molecule is O=C1CNC[C@@H]2c3ccccc3CCN12. The molecule has 2 heterocycles. The Morgan fingerprint density at radius 3 is 3.13 bits per heavy atom. The van der Waals surface area contributed by atoms with Gasteiger partial charge in [-0.2, -0.15) is 0 Å². The van der Waals surface area contributed by atoms with Gasteiger partial charge in [-0.15, -0.1) is 0 Å². The molecule has 1 fully saturated rings. The van der Waals surface area contributed by atoms with Crippen LogP contribution in [0.4, 0.5) is 0 Å². The van der Waals surface area contributed by atoms with Gasteiger partial charge in [0.1, 0.15) is 0 Å². The van der Waals surface area contributed by atoms with E-state index in [-0.39, 0.29) is 11.9 Å². The molecule has 2 aliphatic rings. The molecule has 15 heavy (non-hydrogen) atoms. The number of benzene rings is 1. The van der Waals surface area contributed by atoms with Crippen molar-refractivity contribution in [2.45, 2.75) is 12.5 Å². The van der Waals surface area contributed by atoms with E-state index < -0.39 is 0 Å². The molecule has 0 bridgehead atoms. The standard InChI is InChI=1S/C12H14N2O/c15-12-8-13-7-11-10-4-2-1-3-9(10)5-6-14(11)12/h1-4,11,13H,5-8H2/t11-/m1/s1. The van der Waals surface area contributed by atoms with Crippen LogP contribution >= 0.6 is 0 Å². The van der Waals surface area contributed by atoms with E-state index in [2.05, 4.69) is 29.6 Å². The van der Waals surface area contributed by atoms with Crippen molar-refractivity contribution >= 4 is 5.91 Å². The van der Waals surface area contributed by atoms with Crippen LogP contribution in [0.1, 0.15) is 17.2 Å². The number of nitrogens with zero attached hydrogens (tertiary/aromatic N) is 1. The molecule has 0 unspecified atom stereocenters. The van der Waals surface area contributed by atoms with E-state index in [1.54, 1.807) is 0 Å². The molecule has 78 valence electrons. The lowest BCUT2D eigenvalue weighted by Gasteiger charge is -2.40. The van der Waals surface area contributed by atoms with E-state index in [4.69, 9.17) is 0 Å². The van der Waals surface area contributed by atoms with Crippen molar-refractivity contribution in [3.05, 3.63) is 35.4 Å². The first-order chi connectivity index (χ1) is 7.36. The van der Waals surface area contributed by atoms with Crippen molar-refractivity contribution in [2.24, 2.45) is 0 Å². The second-order valence-electron chi connectivity index (χ2n) is 4.18. The van der Waals surface area contributed by atoms with Crippen LogP contribution < -0.4 is 5.32 Å². The third-order valence-electron chi connectivity index (χ3n) is 3.35. The molecule has 0 radical (unpaired) electrons. The number of amides is 1. The van der Waals surface area contributed by atoms with Gasteiger partial charge >= 0.3 is 0 Å². The molecule has 1 N–H and O–H groups in total. The molecule has 1 amide bonds. The number of hydrogen-bond donors (Lipinski definition) is 1. The number of rotatable bonds is 0. The maximum atomic E-state index is 11.7. The molecule has 1 aromatic rings. The van der Waals surface area contributed by atoms with Gasteiger partial charge in [0.05, 0.1) is 12.6 Å². The van der Waals surface area contributed by atoms with E-state index in [9.17, 15) is 4.79 Å². The Labute approximate surface area is 89.1 Å². The van der Waals surface area contributed by atoms with Crippen molar-refractivity contribution < 1.29 is 4.79 Å². The number of nitrogens with one attached hydrogen (secondary N) is 1. The maximum absolute atomic E-state index is 11.7. The van der Waals surface area contributed by atoms with Crippen molar-refractivity contribution in [1.82, 2.24) is 10.2 Å². The zero-order valence-electron chi connectivity index (χ0n) is 8.57. The summed E-state index contributed by atoms with van der Waals surface area (Å²) < 4.78 is 0. The van der Waals surface area contributed by atoms with Gasteiger partial charge < -0.3 is 10.2 Å². The molecular formula is C12H14N2O. The first-order valence-electron chi connectivity index (χ1n) is 5.44. The third-order valence-corrected chi connectivity index (χ3v) is 3.35. The molecule has 1 atom stereocenters. The highest BCUT2D eigenvalue weighted by Gasteiger charge is 2.32. The zero-order valence-corrected chi connectivity index (χ0v) is 8.57. The van der Waals surface area contributed by atoms with Crippen molar-refractivity contribution in [2.75, 3.05) is 19.6 Å². The maximum Gasteiger partial charge on any atom is 0.237 e. The Balaban J connectivity index is 2.02. The zero-order chi connectivity index (χ0) is 10.3. The van der Waals surface area contributed by atoms with Crippen molar-refractivity contribution in [3.8, 4) is 0 Å². The summed E-state index contributed by atoms with van der Waals surface area (Å²) in [5, 5.41) is 3.18. The van der Waals surface area contributed by atoms with Gasteiger partial charge in [0.15, 0.2) is 0 Å². The molecule has 3 heteroatoms. The Bertz CT molecular complexity index is 402. The van der Waals surface area contributed by atoms with Gasteiger partial charge in [0.25, 0.3) is 0 Å². The molecule has 1 saturated heterocycles. The van der Waals surface area contributed by atoms with Crippen LogP contribution in [0.3, 0.4) is 0 Å². The van der Waals surface area contributed by atoms with E-state index in [0.29, 0.717) is 6.54 Å². The van der Waals surface area contributed by atoms with Crippen molar-refractivity contribution in [3.63, 3.8) is 0 Å². The van der Waals surface area contributed by atoms with Crippen LogP contribution in [0.15, 0.2) is 24.3 Å². The van der Waals surface area contributed by atoms with E-state index in [0.717, 1.165) is 19.5 Å². The monoisotopic (exact) mass is 202 g/mol. The fourth-order valence-corrected chi connectivity index (χ4v) is 2.59. The molecule has 3 nitrogen and oxygen atoms in total. The lowest BCUT2D eigenvalue weighted by atomic mass is 9.91. The minimum Gasteiger partial charge on any atom is -0.333 e. The van der Waals surface area contributed by atoms with Gasteiger partial charge in [-0.3, -0.25) is 4.79 Å². The van der Waals surface area contributed by atoms with Crippen LogP contribution in [0, 0.1) is 0 Å². The van der Waals surface area contributed by atoms with Gasteiger partial charge in [-0.25, -0.2) is 0 Å². The van der Waals surface area contributed by atoms with E-state index in [1.165, 1.54) is 11.1 Å². The molecule has 0 aliphatic carbocycles. The minimum absolute atomic E-state index is 0.237. The topological polar surface area (TPSA) is 32.3 Å². The fraction of sp³-hybridized carbons (Fsp3) is 0.417. The Kier molecular flexibility index (Phi) is 1.99. The predicted octanol–water partition coefficient (Wildman–Crippen LogP) is 0.716. The summed E-state index contributed by atoms with van der Waals surface area (Å²) in [4.78, 5) is 13.7. The van der Waals surface area contributed by atoms with Gasteiger partial charge in [0, 0.05) is 13.1 Å². The molecular weight excluding hydrogens is 188 g/mol. The van der Waals surface area contributed by atoms with Crippen LogP contribution in [0.5, 0.6) is 0 Å². The predicted molar refractivity (Wildman–Crippen MR) is 57.5 cm³/mol. The highest BCUT2D eigenvalue weighted by atomic mass is 16.2. The van der Waals surface area contributed by atoms with Crippen LogP contribution in [0.2, 0.25) is 0 Å². The first kappa shape index (κ1) is 8.92. The normalized spacial score (nSPS) is 24.7. The highest BCUT2D eigenvalue weighted by molar-refractivity contribution is 5.80. The van der Waals surface area contributed by atoms with Crippen molar-refractivity contribution in [1.29, 1.82) is 0 Å². The molecule has 3 rings (SSSR count). The quantitative estimate of drug-likeness (QED) is 0.672. The number of fused-ring (bicyclic) bond motifs is 3. The summed E-state index contributed by atoms with van der Waals surface area (Å²) in [6.45, 7) is 2.27. The number of carbonyl (C=O) groups is 1. The van der Waals surface area contributed by atoms with E-state index >= 15 is 0 Å².